The molecule has 1 saturated heterocycles. The van der Waals surface area contributed by atoms with Gasteiger partial charge in [0, 0.05) is 23.3 Å². The van der Waals surface area contributed by atoms with Gasteiger partial charge in [-0.1, -0.05) is 0 Å². The minimum absolute atomic E-state index is 0.0214. The summed E-state index contributed by atoms with van der Waals surface area (Å²) in [6.07, 6.45) is 3.34. The second kappa shape index (κ2) is 4.91. The quantitative estimate of drug-likeness (QED) is 0.895. The maximum Gasteiger partial charge on any atom is 0.305 e. The Morgan fingerprint density at radius 2 is 2.35 bits per heavy atom. The van der Waals surface area contributed by atoms with Crippen LogP contribution in [-0.2, 0) is 4.79 Å². The van der Waals surface area contributed by atoms with Crippen LogP contribution in [-0.4, -0.2) is 39.5 Å². The normalized spacial score (nSPS) is 19.6. The molecule has 6 heteroatoms. The van der Waals surface area contributed by atoms with Crippen LogP contribution >= 0.6 is 15.9 Å². The van der Waals surface area contributed by atoms with E-state index in [1.165, 1.54) is 0 Å². The SMILES string of the molecule is O=C(O)CC1CCCN1C(=O)c1cc(Br)c[nH]1. The first-order chi connectivity index (χ1) is 8.08. The molecule has 1 unspecified atom stereocenters. The van der Waals surface area contributed by atoms with Gasteiger partial charge in [0.1, 0.15) is 5.69 Å². The van der Waals surface area contributed by atoms with Crippen molar-refractivity contribution in [3.63, 3.8) is 0 Å². The summed E-state index contributed by atoms with van der Waals surface area (Å²) < 4.78 is 0.815. The Kier molecular flexibility index (Phi) is 3.51. The smallest absolute Gasteiger partial charge is 0.305 e. The number of rotatable bonds is 3. The Labute approximate surface area is 107 Å². The molecular weight excluding hydrogens is 288 g/mol. The average molecular weight is 301 g/mol. The lowest BCUT2D eigenvalue weighted by molar-refractivity contribution is -0.137. The van der Waals surface area contributed by atoms with Crippen LogP contribution < -0.4 is 0 Å². The minimum atomic E-state index is -0.859. The predicted molar refractivity (Wildman–Crippen MR) is 64.8 cm³/mol. The molecule has 17 heavy (non-hydrogen) atoms. The van der Waals surface area contributed by atoms with E-state index in [0.29, 0.717) is 12.2 Å². The summed E-state index contributed by atoms with van der Waals surface area (Å²) in [4.78, 5) is 27.4. The number of hydrogen-bond acceptors (Lipinski definition) is 2. The molecule has 0 aliphatic carbocycles. The average Bonchev–Trinajstić information content (AvgIpc) is 2.85. The fourth-order valence-corrected chi connectivity index (χ4v) is 2.51. The molecule has 0 radical (unpaired) electrons. The van der Waals surface area contributed by atoms with Gasteiger partial charge >= 0.3 is 5.97 Å². The van der Waals surface area contributed by atoms with E-state index in [4.69, 9.17) is 5.11 Å². The number of H-pyrrole nitrogens is 1. The number of carbonyl (C=O) groups excluding carboxylic acids is 1. The van der Waals surface area contributed by atoms with E-state index >= 15 is 0 Å². The Bertz CT molecular complexity index is 444. The van der Waals surface area contributed by atoms with Crippen LogP contribution in [0.15, 0.2) is 16.7 Å². The number of halogens is 1. The third-order valence-electron chi connectivity index (χ3n) is 2.93. The molecule has 0 aromatic carbocycles. The number of amides is 1. The van der Waals surface area contributed by atoms with Crippen LogP contribution in [0.3, 0.4) is 0 Å². The van der Waals surface area contributed by atoms with E-state index in [2.05, 4.69) is 20.9 Å². The van der Waals surface area contributed by atoms with E-state index in [1.54, 1.807) is 17.2 Å². The predicted octanol–water partition coefficient (Wildman–Crippen LogP) is 1.86. The van der Waals surface area contributed by atoms with Crippen molar-refractivity contribution in [1.82, 2.24) is 9.88 Å². The molecule has 1 fully saturated rings. The largest absolute Gasteiger partial charge is 0.481 e. The standard InChI is InChI=1S/C11H13BrN2O3/c12-7-4-9(13-6-7)11(17)14-3-1-2-8(14)5-10(15)16/h4,6,8,13H,1-3,5H2,(H,15,16). The summed E-state index contributed by atoms with van der Waals surface area (Å²) in [5, 5.41) is 8.79. The number of aromatic amines is 1. The molecule has 2 N–H and O–H groups in total. The van der Waals surface area contributed by atoms with Crippen LogP contribution in [0.2, 0.25) is 0 Å². The number of hydrogen-bond donors (Lipinski definition) is 2. The zero-order valence-corrected chi connectivity index (χ0v) is 10.7. The molecule has 0 bridgehead atoms. The van der Waals surface area contributed by atoms with Gasteiger partial charge in [-0.3, -0.25) is 9.59 Å². The van der Waals surface area contributed by atoms with E-state index in [1.807, 2.05) is 0 Å². The molecule has 1 amide bonds. The maximum atomic E-state index is 12.1. The summed E-state index contributed by atoms with van der Waals surface area (Å²) in [5.41, 5.74) is 0.495. The van der Waals surface area contributed by atoms with Gasteiger partial charge in [0.15, 0.2) is 0 Å². The van der Waals surface area contributed by atoms with Gasteiger partial charge in [0.05, 0.1) is 6.42 Å². The Morgan fingerprint density at radius 3 is 2.94 bits per heavy atom. The highest BCUT2D eigenvalue weighted by molar-refractivity contribution is 9.10. The van der Waals surface area contributed by atoms with Crippen molar-refractivity contribution in [2.75, 3.05) is 6.54 Å². The zero-order valence-electron chi connectivity index (χ0n) is 9.15. The molecular formula is C11H13BrN2O3. The minimum Gasteiger partial charge on any atom is -0.481 e. The Morgan fingerprint density at radius 1 is 1.59 bits per heavy atom. The third-order valence-corrected chi connectivity index (χ3v) is 3.38. The molecule has 1 aliphatic heterocycles. The number of aliphatic carboxylic acids is 1. The summed E-state index contributed by atoms with van der Waals surface area (Å²) in [5.74, 6) is -0.984. The van der Waals surface area contributed by atoms with Gasteiger partial charge in [-0.2, -0.15) is 0 Å². The van der Waals surface area contributed by atoms with Crippen LogP contribution in [0.5, 0.6) is 0 Å². The number of carbonyl (C=O) groups is 2. The van der Waals surface area contributed by atoms with Crippen molar-refractivity contribution < 1.29 is 14.7 Å². The maximum absolute atomic E-state index is 12.1. The monoisotopic (exact) mass is 300 g/mol. The van der Waals surface area contributed by atoms with E-state index in [9.17, 15) is 9.59 Å². The van der Waals surface area contributed by atoms with Gasteiger partial charge in [-0.05, 0) is 34.8 Å². The van der Waals surface area contributed by atoms with Crippen LogP contribution in [0, 0.1) is 0 Å². The number of carboxylic acids is 1. The van der Waals surface area contributed by atoms with E-state index < -0.39 is 5.97 Å². The molecule has 1 aromatic rings. The molecule has 2 rings (SSSR count). The summed E-state index contributed by atoms with van der Waals surface area (Å²) in [7, 11) is 0. The van der Waals surface area contributed by atoms with E-state index in [0.717, 1.165) is 17.3 Å². The Hall–Kier alpha value is -1.30. The second-order valence-corrected chi connectivity index (χ2v) is 5.04. The summed E-state index contributed by atoms with van der Waals surface area (Å²) in [6.45, 7) is 0.632. The summed E-state index contributed by atoms with van der Waals surface area (Å²) in [6, 6.07) is 1.53. The van der Waals surface area contributed by atoms with Gasteiger partial charge in [0.2, 0.25) is 0 Å². The highest BCUT2D eigenvalue weighted by atomic mass is 79.9. The van der Waals surface area contributed by atoms with Crippen molar-refractivity contribution in [3.05, 3.63) is 22.4 Å². The highest BCUT2D eigenvalue weighted by Gasteiger charge is 2.31. The van der Waals surface area contributed by atoms with Gasteiger partial charge in [-0.25, -0.2) is 0 Å². The van der Waals surface area contributed by atoms with Gasteiger partial charge in [0.25, 0.3) is 5.91 Å². The lowest BCUT2D eigenvalue weighted by Crippen LogP contribution is -2.37. The van der Waals surface area contributed by atoms with Crippen molar-refractivity contribution in [2.45, 2.75) is 25.3 Å². The molecule has 1 aliphatic rings. The lowest BCUT2D eigenvalue weighted by atomic mass is 10.1. The first-order valence-corrected chi connectivity index (χ1v) is 6.24. The van der Waals surface area contributed by atoms with Gasteiger partial charge < -0.3 is 15.0 Å². The fourth-order valence-electron chi connectivity index (χ4n) is 2.16. The first kappa shape index (κ1) is 12.2. The molecule has 2 heterocycles. The second-order valence-electron chi connectivity index (χ2n) is 4.12. The molecule has 1 aromatic heterocycles. The number of nitrogens with zero attached hydrogens (tertiary/aromatic N) is 1. The van der Waals surface area contributed by atoms with E-state index in [-0.39, 0.29) is 18.4 Å². The molecule has 1 atom stereocenters. The number of nitrogens with one attached hydrogen (secondary N) is 1. The van der Waals surface area contributed by atoms with Crippen LogP contribution in [0.4, 0.5) is 0 Å². The lowest BCUT2D eigenvalue weighted by Gasteiger charge is -2.22. The molecule has 0 spiro atoms. The van der Waals surface area contributed by atoms with Crippen molar-refractivity contribution in [1.29, 1.82) is 0 Å². The number of likely N-dealkylation sites (tertiary alicyclic amines) is 1. The molecule has 92 valence electrons. The number of carboxylic acid groups (broad SMARTS) is 1. The van der Waals surface area contributed by atoms with Crippen LogP contribution in [0.1, 0.15) is 29.8 Å². The zero-order chi connectivity index (χ0) is 12.4. The van der Waals surface area contributed by atoms with Crippen molar-refractivity contribution in [2.24, 2.45) is 0 Å². The molecule has 0 saturated carbocycles. The van der Waals surface area contributed by atoms with Gasteiger partial charge in [-0.15, -0.1) is 0 Å². The van der Waals surface area contributed by atoms with Crippen molar-refractivity contribution in [3.8, 4) is 0 Å². The third kappa shape index (κ3) is 2.69. The van der Waals surface area contributed by atoms with Crippen LogP contribution in [0.25, 0.3) is 0 Å². The number of aromatic nitrogens is 1. The topological polar surface area (TPSA) is 73.4 Å². The fraction of sp³-hybridized carbons (Fsp3) is 0.455. The Balaban J connectivity index is 2.10. The summed E-state index contributed by atoms with van der Waals surface area (Å²) >= 11 is 3.27. The highest BCUT2D eigenvalue weighted by Crippen LogP contribution is 2.23. The van der Waals surface area contributed by atoms with Crippen molar-refractivity contribution >= 4 is 27.8 Å². The molecule has 5 nitrogen and oxygen atoms in total. The first-order valence-electron chi connectivity index (χ1n) is 5.44.